The Morgan fingerprint density at radius 3 is 2.21 bits per heavy atom. The van der Waals surface area contributed by atoms with Crippen molar-refractivity contribution < 1.29 is 14.4 Å². The minimum absolute atomic E-state index is 0.00451. The molecule has 0 saturated heterocycles. The number of hydrogen-bond acceptors (Lipinski definition) is 3. The maximum absolute atomic E-state index is 13.4. The molecule has 5 fully saturated rings. The number of aliphatic hydroxyl groups is 1. The third kappa shape index (κ3) is 2.98. The summed E-state index contributed by atoms with van der Waals surface area (Å²) in [7, 11) is 2.27. The molecule has 0 bridgehead atoms. The van der Waals surface area contributed by atoms with Crippen LogP contribution in [0.15, 0.2) is 0 Å². The van der Waals surface area contributed by atoms with Gasteiger partial charge in [-0.2, -0.15) is 0 Å². The second-order valence-corrected chi connectivity index (χ2v) is 15.3. The average Bonchev–Trinajstić information content (AvgIpc) is 3.18. The van der Waals surface area contributed by atoms with Gasteiger partial charge < -0.3 is 9.63 Å². The summed E-state index contributed by atoms with van der Waals surface area (Å²) >= 11 is 0. The molecular weight excluding hydrogens is 439 g/mol. The van der Waals surface area contributed by atoms with Crippen LogP contribution in [0.5, 0.6) is 0 Å². The van der Waals surface area contributed by atoms with Gasteiger partial charge in [0.05, 0.1) is 21.0 Å². The van der Waals surface area contributed by atoms with Crippen molar-refractivity contribution in [3.63, 3.8) is 0 Å². The van der Waals surface area contributed by atoms with Crippen molar-refractivity contribution in [3.8, 4) is 0 Å². The molecule has 3 nitrogen and oxygen atoms in total. The topological polar surface area (TPSA) is 46.5 Å². The Morgan fingerprint density at radius 2 is 1.56 bits per heavy atom. The summed E-state index contributed by atoms with van der Waals surface area (Å²) in [5.74, 6) is 3.70. The number of carbonyl (C=O) groups excluding carboxylic acids is 1. The van der Waals surface area contributed by atoms with Crippen LogP contribution in [0.1, 0.15) is 113 Å². The van der Waals surface area contributed by atoms with Crippen LogP contribution in [0.3, 0.4) is 0 Å². The van der Waals surface area contributed by atoms with Gasteiger partial charge in [-0.05, 0) is 121 Å². The molecular formula is C30H51O3P. The maximum atomic E-state index is 13.4. The Balaban J connectivity index is 1.56. The highest BCUT2D eigenvalue weighted by atomic mass is 31.0. The van der Waals surface area contributed by atoms with Gasteiger partial charge in [-0.15, -0.1) is 0 Å². The van der Waals surface area contributed by atoms with Gasteiger partial charge in [0.15, 0.2) is 0 Å². The Bertz CT molecular complexity index is 839. The normalized spacial score (nSPS) is 53.9. The molecule has 34 heavy (non-hydrogen) atoms. The molecule has 194 valence electrons. The fourth-order valence-electron chi connectivity index (χ4n) is 11.9. The van der Waals surface area contributed by atoms with Gasteiger partial charge in [-0.1, -0.05) is 48.5 Å². The van der Waals surface area contributed by atoms with Crippen LogP contribution < -0.4 is 0 Å². The number of aliphatic hydroxyl groups excluding tert-OH is 1. The lowest BCUT2D eigenvalue weighted by atomic mass is 9.32. The Hall–Kier alpha value is -0.140. The number of fused-ring (bicyclic) bond motifs is 7. The summed E-state index contributed by atoms with van der Waals surface area (Å²) in [4.78, 5) is 13.4. The lowest BCUT2D eigenvalue weighted by Crippen LogP contribution is -2.67. The van der Waals surface area contributed by atoms with Crippen molar-refractivity contribution in [3.05, 3.63) is 0 Å². The fourth-order valence-corrected chi connectivity index (χ4v) is 12.1. The lowest BCUT2D eigenvalue weighted by Gasteiger charge is -2.72. The zero-order valence-corrected chi connectivity index (χ0v) is 24.1. The van der Waals surface area contributed by atoms with E-state index in [9.17, 15) is 9.90 Å². The van der Waals surface area contributed by atoms with Gasteiger partial charge >= 0.3 is 5.97 Å². The number of rotatable bonds is 2. The van der Waals surface area contributed by atoms with Gasteiger partial charge in [0.1, 0.15) is 0 Å². The van der Waals surface area contributed by atoms with E-state index in [2.05, 4.69) is 57.9 Å². The van der Waals surface area contributed by atoms with E-state index in [1.807, 2.05) is 0 Å². The Morgan fingerprint density at radius 1 is 0.853 bits per heavy atom. The van der Waals surface area contributed by atoms with Crippen LogP contribution in [0.25, 0.3) is 0 Å². The molecule has 1 unspecified atom stereocenters. The first-order valence-electron chi connectivity index (χ1n) is 14.4. The minimum Gasteiger partial charge on any atom is -0.451 e. The quantitative estimate of drug-likeness (QED) is 0.410. The summed E-state index contributed by atoms with van der Waals surface area (Å²) in [6, 6.07) is 0. The monoisotopic (exact) mass is 490 g/mol. The largest absolute Gasteiger partial charge is 0.451 e. The third-order valence-electron chi connectivity index (χ3n) is 13.8. The summed E-state index contributed by atoms with van der Waals surface area (Å²) in [5, 5.41) is 10.9. The van der Waals surface area contributed by atoms with Gasteiger partial charge in [-0.3, -0.25) is 4.79 Å². The van der Waals surface area contributed by atoms with Crippen molar-refractivity contribution in [2.24, 2.45) is 62.6 Å². The molecule has 5 aliphatic rings. The molecule has 0 radical (unpaired) electrons. The zero-order valence-electron chi connectivity index (χ0n) is 23.0. The second kappa shape index (κ2) is 7.93. The van der Waals surface area contributed by atoms with Crippen molar-refractivity contribution in [2.75, 3.05) is 0 Å². The molecule has 0 aromatic heterocycles. The van der Waals surface area contributed by atoms with E-state index < -0.39 is 0 Å². The van der Waals surface area contributed by atoms with E-state index in [-0.39, 0.29) is 28.3 Å². The van der Waals surface area contributed by atoms with Gasteiger partial charge in [0, 0.05) is 0 Å². The first-order valence-corrected chi connectivity index (χ1v) is 14.9. The van der Waals surface area contributed by atoms with Gasteiger partial charge in [0.2, 0.25) is 0 Å². The van der Waals surface area contributed by atoms with Crippen LogP contribution in [0.4, 0.5) is 0 Å². The molecule has 1 N–H and O–H groups in total. The van der Waals surface area contributed by atoms with Gasteiger partial charge in [0.25, 0.3) is 0 Å². The molecule has 0 amide bonds. The molecule has 5 rings (SSSR count). The fraction of sp³-hybridized carbons (Fsp3) is 0.967. The highest BCUT2D eigenvalue weighted by molar-refractivity contribution is 7.10. The van der Waals surface area contributed by atoms with Crippen LogP contribution in [-0.2, 0) is 9.32 Å². The predicted octanol–water partition coefficient (Wildman–Crippen LogP) is 7.42. The van der Waals surface area contributed by atoms with Crippen molar-refractivity contribution in [2.45, 2.75) is 119 Å². The second-order valence-electron chi connectivity index (χ2n) is 15.1. The molecule has 5 aliphatic carbocycles. The van der Waals surface area contributed by atoms with Crippen LogP contribution >= 0.6 is 9.47 Å². The average molecular weight is 491 g/mol. The van der Waals surface area contributed by atoms with Crippen molar-refractivity contribution in [1.29, 1.82) is 0 Å². The van der Waals surface area contributed by atoms with E-state index in [0.717, 1.165) is 19.3 Å². The Labute approximate surface area is 211 Å². The smallest absolute Gasteiger partial charge is 0.314 e. The minimum atomic E-state index is -0.262. The van der Waals surface area contributed by atoms with Crippen LogP contribution in [0.2, 0.25) is 0 Å². The molecule has 0 spiro atoms. The molecule has 0 aromatic rings. The van der Waals surface area contributed by atoms with E-state index in [4.69, 9.17) is 4.52 Å². The number of hydrogen-bond donors (Lipinski definition) is 1. The lowest BCUT2D eigenvalue weighted by molar-refractivity contribution is -0.249. The van der Waals surface area contributed by atoms with Crippen LogP contribution in [-0.4, -0.2) is 17.2 Å². The first kappa shape index (κ1) is 25.5. The van der Waals surface area contributed by atoms with Crippen LogP contribution in [0, 0.1) is 62.6 Å². The summed E-state index contributed by atoms with van der Waals surface area (Å²) < 4.78 is 5.44. The molecule has 0 heterocycles. The standard InChI is InChI=1S/C30H51O3P/c1-18(2)19-10-15-30(25(32)33-34)17-16-28(6)20(24(19)30)8-9-22-27(5)13-12-23(31)26(3,4)21(27)11-14-29(22,28)7/h18-24,31H,8-17,34H2,1-7H3/t19-,20+,21-,22+,23-,24+,27-,28+,29+,30-/m0/s1. The number of carbonyl (C=O) groups is 1. The van der Waals surface area contributed by atoms with Crippen molar-refractivity contribution >= 4 is 15.4 Å². The molecule has 0 aromatic carbocycles. The molecule has 5 saturated carbocycles. The molecule has 0 aliphatic heterocycles. The SMILES string of the molecule is CC(C)[C@@H]1CC[C@]2(C(=O)OP)CC[C@]3(C)[C@H](CC[C@@H]4[C@@]5(C)CC[C@H](O)C(C)(C)[C@@H]5CC[C@]43C)[C@@H]12. The summed E-state index contributed by atoms with van der Waals surface area (Å²) in [6.45, 7) is 17.3. The van der Waals surface area contributed by atoms with Gasteiger partial charge in [-0.25, -0.2) is 0 Å². The van der Waals surface area contributed by atoms with E-state index in [1.165, 1.54) is 44.9 Å². The summed E-state index contributed by atoms with van der Waals surface area (Å²) in [6.07, 6.45) is 11.4. The first-order chi connectivity index (χ1) is 15.8. The summed E-state index contributed by atoms with van der Waals surface area (Å²) in [5.41, 5.74) is 0.634. The predicted molar refractivity (Wildman–Crippen MR) is 141 cm³/mol. The van der Waals surface area contributed by atoms with Crippen molar-refractivity contribution in [1.82, 2.24) is 0 Å². The molecule has 11 atom stereocenters. The van der Waals surface area contributed by atoms with E-state index >= 15 is 0 Å². The van der Waals surface area contributed by atoms with E-state index in [0.29, 0.717) is 46.3 Å². The Kier molecular flexibility index (Phi) is 5.95. The highest BCUT2D eigenvalue weighted by Crippen LogP contribution is 2.77. The highest BCUT2D eigenvalue weighted by Gasteiger charge is 2.72. The van der Waals surface area contributed by atoms with E-state index in [1.54, 1.807) is 0 Å². The molecule has 4 heteroatoms. The zero-order chi connectivity index (χ0) is 24.9. The maximum Gasteiger partial charge on any atom is 0.314 e. The third-order valence-corrected chi connectivity index (χ3v) is 14.0.